The predicted octanol–water partition coefficient (Wildman–Crippen LogP) is 4.72. The van der Waals surface area contributed by atoms with Crippen LogP contribution in [-0.2, 0) is 28.9 Å². The summed E-state index contributed by atoms with van der Waals surface area (Å²) in [4.78, 5) is 29.4. The summed E-state index contributed by atoms with van der Waals surface area (Å²) in [6.07, 6.45) is 2.53. The summed E-state index contributed by atoms with van der Waals surface area (Å²) in [5.74, 6) is 0.0343. The van der Waals surface area contributed by atoms with Crippen LogP contribution >= 0.6 is 0 Å². The minimum atomic E-state index is -0.863. The molecule has 1 aliphatic heterocycles. The Labute approximate surface area is 269 Å². The van der Waals surface area contributed by atoms with E-state index in [0.29, 0.717) is 38.8 Å². The van der Waals surface area contributed by atoms with Gasteiger partial charge in [0.2, 0.25) is 11.8 Å². The third kappa shape index (κ3) is 10.5. The number of carbonyl (C=O) groups excluding carboxylic acids is 2. The molecule has 4 atom stereocenters. The van der Waals surface area contributed by atoms with Crippen LogP contribution in [0.4, 0.5) is 0 Å². The van der Waals surface area contributed by atoms with Crippen molar-refractivity contribution in [3.8, 4) is 0 Å². The summed E-state index contributed by atoms with van der Waals surface area (Å²) >= 11 is 0. The van der Waals surface area contributed by atoms with Gasteiger partial charge in [0, 0.05) is 25.7 Å². The molecule has 2 amide bonds. The summed E-state index contributed by atoms with van der Waals surface area (Å²) < 4.78 is 0. The number of amides is 2. The molecule has 1 saturated heterocycles. The van der Waals surface area contributed by atoms with Crippen LogP contribution in [0.2, 0.25) is 0 Å². The van der Waals surface area contributed by atoms with Gasteiger partial charge in [-0.05, 0) is 86.2 Å². The molecule has 1 heterocycles. The van der Waals surface area contributed by atoms with Crippen LogP contribution < -0.4 is 16.0 Å². The van der Waals surface area contributed by atoms with Gasteiger partial charge >= 0.3 is 0 Å². The highest BCUT2D eigenvalue weighted by molar-refractivity contribution is 5.82. The third-order valence-electron chi connectivity index (χ3n) is 8.96. The SMILES string of the molecule is Cc1cccc(C)c1CCC(=O)N[C@@H](Cc1ccccc1)[C@@H](O)C[C@H](Cc1ccccc1)NC(=O)[C@H](C(C)C)N1CCCNC1. The van der Waals surface area contributed by atoms with Gasteiger partial charge in [0.15, 0.2) is 0 Å². The fraction of sp³-hybridized carbons (Fsp3) is 0.474. The Balaban J connectivity index is 1.50. The molecule has 45 heavy (non-hydrogen) atoms. The molecule has 0 bridgehead atoms. The summed E-state index contributed by atoms with van der Waals surface area (Å²) in [6, 6.07) is 25.2. The fourth-order valence-corrected chi connectivity index (χ4v) is 6.58. The van der Waals surface area contributed by atoms with Gasteiger partial charge in [0.1, 0.15) is 0 Å². The third-order valence-corrected chi connectivity index (χ3v) is 8.96. The van der Waals surface area contributed by atoms with Crippen molar-refractivity contribution < 1.29 is 14.7 Å². The molecule has 0 spiro atoms. The number of nitrogens with one attached hydrogen (secondary N) is 3. The van der Waals surface area contributed by atoms with Crippen molar-refractivity contribution in [2.45, 2.75) is 90.4 Å². The molecule has 0 aliphatic carbocycles. The van der Waals surface area contributed by atoms with Gasteiger partial charge in [-0.2, -0.15) is 0 Å². The van der Waals surface area contributed by atoms with E-state index in [0.717, 1.165) is 30.6 Å². The molecule has 0 radical (unpaired) electrons. The molecular weight excluding hydrogens is 560 g/mol. The lowest BCUT2D eigenvalue weighted by Gasteiger charge is -2.37. The molecule has 0 saturated carbocycles. The second kappa shape index (κ2) is 17.2. The predicted molar refractivity (Wildman–Crippen MR) is 182 cm³/mol. The van der Waals surface area contributed by atoms with Crippen LogP contribution in [0, 0.1) is 19.8 Å². The molecule has 3 aromatic carbocycles. The Bertz CT molecular complexity index is 1320. The molecule has 0 unspecified atom stereocenters. The van der Waals surface area contributed by atoms with E-state index in [1.54, 1.807) is 0 Å². The number of nitrogens with zero attached hydrogens (tertiary/aromatic N) is 1. The van der Waals surface area contributed by atoms with E-state index in [1.165, 1.54) is 16.7 Å². The van der Waals surface area contributed by atoms with Crippen LogP contribution in [0.1, 0.15) is 60.9 Å². The maximum absolute atomic E-state index is 13.8. The number of rotatable bonds is 15. The molecule has 242 valence electrons. The fourth-order valence-electron chi connectivity index (χ4n) is 6.58. The van der Waals surface area contributed by atoms with E-state index in [9.17, 15) is 14.7 Å². The highest BCUT2D eigenvalue weighted by Crippen LogP contribution is 2.19. The van der Waals surface area contributed by atoms with Gasteiger partial charge in [-0.15, -0.1) is 0 Å². The number of hydrogen-bond acceptors (Lipinski definition) is 5. The maximum Gasteiger partial charge on any atom is 0.237 e. The number of aliphatic hydroxyl groups excluding tert-OH is 1. The van der Waals surface area contributed by atoms with Crippen molar-refractivity contribution in [1.29, 1.82) is 0 Å². The van der Waals surface area contributed by atoms with Gasteiger partial charge in [0.05, 0.1) is 18.2 Å². The largest absolute Gasteiger partial charge is 0.391 e. The first-order valence-electron chi connectivity index (χ1n) is 16.6. The van der Waals surface area contributed by atoms with E-state index in [4.69, 9.17) is 0 Å². The standard InChI is InChI=1S/C38H52N4O3/c1-27(2)37(42-22-12-21-39-26-42)38(45)40-32(23-30-15-7-5-8-16-30)25-35(43)34(24-31-17-9-6-10-18-31)41-36(44)20-19-33-28(3)13-11-14-29(33)4/h5-11,13-18,27,32,34-35,37,39,43H,12,19-26H2,1-4H3,(H,40,45)(H,41,44)/t32-,34-,35-,37-/m0/s1. The van der Waals surface area contributed by atoms with Gasteiger partial charge < -0.3 is 21.1 Å². The minimum Gasteiger partial charge on any atom is -0.391 e. The van der Waals surface area contributed by atoms with Crippen molar-refractivity contribution in [1.82, 2.24) is 20.9 Å². The van der Waals surface area contributed by atoms with Crippen molar-refractivity contribution in [2.24, 2.45) is 5.92 Å². The highest BCUT2D eigenvalue weighted by Gasteiger charge is 2.32. The first kappa shape index (κ1) is 34.4. The lowest BCUT2D eigenvalue weighted by molar-refractivity contribution is -0.130. The van der Waals surface area contributed by atoms with Crippen molar-refractivity contribution in [3.05, 3.63) is 107 Å². The van der Waals surface area contributed by atoms with Gasteiger partial charge in [0.25, 0.3) is 0 Å². The molecule has 4 N–H and O–H groups in total. The molecule has 1 fully saturated rings. The molecule has 4 rings (SSSR count). The Hall–Kier alpha value is -3.52. The smallest absolute Gasteiger partial charge is 0.237 e. The number of aryl methyl sites for hydroxylation is 2. The molecule has 0 aromatic heterocycles. The number of hydrogen-bond donors (Lipinski definition) is 4. The molecule has 7 nitrogen and oxygen atoms in total. The quantitative estimate of drug-likeness (QED) is 0.199. The van der Waals surface area contributed by atoms with Crippen LogP contribution in [-0.4, -0.2) is 65.8 Å². The Morgan fingerprint density at radius 2 is 1.49 bits per heavy atom. The van der Waals surface area contributed by atoms with Crippen molar-refractivity contribution in [3.63, 3.8) is 0 Å². The second-order valence-electron chi connectivity index (χ2n) is 12.9. The molecule has 7 heteroatoms. The van der Waals surface area contributed by atoms with E-state index >= 15 is 0 Å². The van der Waals surface area contributed by atoms with Crippen LogP contribution in [0.3, 0.4) is 0 Å². The summed E-state index contributed by atoms with van der Waals surface area (Å²) in [6.45, 7) is 10.9. The molecule has 3 aromatic rings. The van der Waals surface area contributed by atoms with Crippen molar-refractivity contribution >= 4 is 11.8 Å². The second-order valence-corrected chi connectivity index (χ2v) is 12.9. The average molecular weight is 613 g/mol. The summed E-state index contributed by atoms with van der Waals surface area (Å²) in [5.41, 5.74) is 5.69. The Morgan fingerprint density at radius 3 is 2.07 bits per heavy atom. The monoisotopic (exact) mass is 612 g/mol. The van der Waals surface area contributed by atoms with E-state index < -0.39 is 12.1 Å². The van der Waals surface area contributed by atoms with E-state index in [2.05, 4.69) is 72.8 Å². The first-order valence-corrected chi connectivity index (χ1v) is 16.6. The summed E-state index contributed by atoms with van der Waals surface area (Å²) in [7, 11) is 0. The Morgan fingerprint density at radius 1 is 0.867 bits per heavy atom. The van der Waals surface area contributed by atoms with E-state index in [1.807, 2.05) is 54.6 Å². The zero-order chi connectivity index (χ0) is 32.2. The number of carbonyl (C=O) groups is 2. The maximum atomic E-state index is 13.8. The molecule has 1 aliphatic rings. The van der Waals surface area contributed by atoms with Crippen LogP contribution in [0.15, 0.2) is 78.9 Å². The molecular formula is C38H52N4O3. The zero-order valence-electron chi connectivity index (χ0n) is 27.5. The van der Waals surface area contributed by atoms with Gasteiger partial charge in [-0.1, -0.05) is 92.7 Å². The lowest BCUT2D eigenvalue weighted by Crippen LogP contribution is -2.57. The number of aliphatic hydroxyl groups is 1. The zero-order valence-corrected chi connectivity index (χ0v) is 27.5. The first-order chi connectivity index (χ1) is 21.7. The van der Waals surface area contributed by atoms with Crippen LogP contribution in [0.5, 0.6) is 0 Å². The average Bonchev–Trinajstić information content (AvgIpc) is 3.02. The highest BCUT2D eigenvalue weighted by atomic mass is 16.3. The lowest BCUT2D eigenvalue weighted by atomic mass is 9.92. The Kier molecular flexibility index (Phi) is 13.2. The number of benzene rings is 3. The normalized spacial score (nSPS) is 16.5. The topological polar surface area (TPSA) is 93.7 Å². The van der Waals surface area contributed by atoms with E-state index in [-0.39, 0.29) is 29.8 Å². The van der Waals surface area contributed by atoms with Gasteiger partial charge in [-0.3, -0.25) is 14.5 Å². The minimum absolute atomic E-state index is 0.0147. The van der Waals surface area contributed by atoms with Crippen molar-refractivity contribution in [2.75, 3.05) is 19.8 Å². The summed E-state index contributed by atoms with van der Waals surface area (Å²) in [5, 5.41) is 21.7. The van der Waals surface area contributed by atoms with Crippen LogP contribution in [0.25, 0.3) is 0 Å². The van der Waals surface area contributed by atoms with Gasteiger partial charge in [-0.25, -0.2) is 0 Å².